The van der Waals surface area contributed by atoms with Gasteiger partial charge in [0.25, 0.3) is 5.91 Å². The van der Waals surface area contributed by atoms with Gasteiger partial charge in [0.2, 0.25) is 0 Å². The minimum absolute atomic E-state index is 0.101. The molecule has 0 unspecified atom stereocenters. The Morgan fingerprint density at radius 1 is 0.962 bits per heavy atom. The highest BCUT2D eigenvalue weighted by molar-refractivity contribution is 6.06. The number of hydrogen-bond acceptors (Lipinski definition) is 4. The van der Waals surface area contributed by atoms with Gasteiger partial charge in [0.05, 0.1) is 28.7 Å². The number of carbonyl (C=O) groups excluding carboxylic acids is 1. The van der Waals surface area contributed by atoms with Crippen LogP contribution in [0, 0.1) is 10.1 Å². The lowest BCUT2D eigenvalue weighted by atomic mass is 10.1. The molecule has 4 rings (SSSR count). The Balaban J connectivity index is 1.75. The quantitative estimate of drug-likeness (QED) is 0.535. The number of carbonyl (C=O) groups is 1. The lowest BCUT2D eigenvalue weighted by Gasteiger charge is -2.24. The fourth-order valence-corrected chi connectivity index (χ4v) is 2.99. The molecule has 1 aliphatic rings. The van der Waals surface area contributed by atoms with Crippen molar-refractivity contribution >= 4 is 35.3 Å². The van der Waals surface area contributed by atoms with Crippen LogP contribution in [0.1, 0.15) is 11.1 Å². The highest BCUT2D eigenvalue weighted by Gasteiger charge is 2.25. The van der Waals surface area contributed by atoms with Gasteiger partial charge >= 0.3 is 5.82 Å². The molecule has 0 radical (unpaired) electrons. The molecule has 128 valence electrons. The van der Waals surface area contributed by atoms with E-state index in [1.165, 1.54) is 16.9 Å². The normalized spacial score (nSPS) is 12.2. The van der Waals surface area contributed by atoms with E-state index in [0.717, 1.165) is 22.5 Å². The molecule has 1 aliphatic heterocycles. The van der Waals surface area contributed by atoms with Crippen molar-refractivity contribution in [1.82, 2.24) is 9.78 Å². The molecule has 2 heterocycles. The summed E-state index contributed by atoms with van der Waals surface area (Å²) in [7, 11) is 0. The molecule has 26 heavy (non-hydrogen) atoms. The molecular formula is C19H14N4O3. The topological polar surface area (TPSA) is 81.3 Å². The average molecular weight is 346 g/mol. The number of hydrogen-bond donors (Lipinski definition) is 0. The van der Waals surface area contributed by atoms with E-state index in [9.17, 15) is 14.9 Å². The van der Waals surface area contributed by atoms with Crippen molar-refractivity contribution in [1.29, 1.82) is 0 Å². The largest absolute Gasteiger partial charge is 0.389 e. The zero-order valence-electron chi connectivity index (χ0n) is 13.6. The monoisotopic (exact) mass is 346 g/mol. The first-order valence-corrected chi connectivity index (χ1v) is 8.00. The van der Waals surface area contributed by atoms with E-state index < -0.39 is 4.92 Å². The van der Waals surface area contributed by atoms with Crippen LogP contribution in [-0.4, -0.2) is 20.6 Å². The van der Waals surface area contributed by atoms with Crippen molar-refractivity contribution in [2.45, 2.75) is 6.54 Å². The zero-order chi connectivity index (χ0) is 18.1. The summed E-state index contributed by atoms with van der Waals surface area (Å²) < 4.78 is 1.28. The first-order chi connectivity index (χ1) is 12.6. The Morgan fingerprint density at radius 2 is 1.54 bits per heavy atom. The minimum atomic E-state index is -0.582. The maximum absolute atomic E-state index is 13.1. The van der Waals surface area contributed by atoms with Gasteiger partial charge in [-0.05, 0) is 28.2 Å². The van der Waals surface area contributed by atoms with E-state index >= 15 is 0 Å². The Morgan fingerprint density at radius 3 is 2.08 bits per heavy atom. The van der Waals surface area contributed by atoms with Gasteiger partial charge in [0, 0.05) is 0 Å². The number of nitrogens with zero attached hydrogens (tertiary/aromatic N) is 4. The Kier molecular flexibility index (Phi) is 3.81. The van der Waals surface area contributed by atoms with Crippen molar-refractivity contribution in [2.24, 2.45) is 0 Å². The second-order valence-corrected chi connectivity index (χ2v) is 5.81. The first-order valence-electron chi connectivity index (χ1n) is 8.00. The summed E-state index contributed by atoms with van der Waals surface area (Å²) in [6, 6.07) is 16.5. The summed E-state index contributed by atoms with van der Waals surface area (Å²) in [5.41, 5.74) is 3.37. The lowest BCUT2D eigenvalue weighted by Crippen LogP contribution is -2.30. The van der Waals surface area contributed by atoms with Crippen LogP contribution in [0.2, 0.25) is 0 Å². The highest BCUT2D eigenvalue weighted by Crippen LogP contribution is 2.36. The fourth-order valence-electron chi connectivity index (χ4n) is 2.99. The molecule has 0 N–H and O–H groups in total. The minimum Gasteiger partial charge on any atom is -0.358 e. The first kappa shape index (κ1) is 15.8. The lowest BCUT2D eigenvalue weighted by molar-refractivity contribution is -0.389. The number of anilines is 2. The standard InChI is InChI=1S/C19H14N4O3/c24-19(13-21-12-11-18(20-21)23(25)26)22-16-7-3-1-5-14(16)9-10-15-6-2-4-8-17(15)22/h1-12H,13H2. The molecule has 0 saturated carbocycles. The molecule has 0 atom stereocenters. The molecule has 3 aromatic rings. The molecule has 7 nitrogen and oxygen atoms in total. The Bertz CT molecular complexity index is 989. The number of benzene rings is 2. The molecule has 7 heteroatoms. The van der Waals surface area contributed by atoms with Gasteiger partial charge in [0.15, 0.2) is 0 Å². The second kappa shape index (κ2) is 6.29. The average Bonchev–Trinajstić information content (AvgIpc) is 3.04. The Labute approximate surface area is 148 Å². The van der Waals surface area contributed by atoms with Crippen LogP contribution in [0.5, 0.6) is 0 Å². The summed E-state index contributed by atoms with van der Waals surface area (Å²) in [6.45, 7) is -0.101. The van der Waals surface area contributed by atoms with Crippen LogP contribution in [-0.2, 0) is 11.3 Å². The maximum Gasteiger partial charge on any atom is 0.389 e. The summed E-state index contributed by atoms with van der Waals surface area (Å²) in [5.74, 6) is -0.511. The summed E-state index contributed by atoms with van der Waals surface area (Å²) in [4.78, 5) is 24.9. The van der Waals surface area contributed by atoms with Gasteiger partial charge in [-0.3, -0.25) is 9.69 Å². The third-order valence-corrected chi connectivity index (χ3v) is 4.16. The van der Waals surface area contributed by atoms with Crippen molar-refractivity contribution in [3.8, 4) is 0 Å². The van der Waals surface area contributed by atoms with E-state index in [0.29, 0.717) is 0 Å². The van der Waals surface area contributed by atoms with Crippen LogP contribution >= 0.6 is 0 Å². The number of amides is 1. The predicted molar refractivity (Wildman–Crippen MR) is 97.8 cm³/mol. The molecule has 0 aliphatic carbocycles. The molecule has 2 aromatic carbocycles. The van der Waals surface area contributed by atoms with Crippen molar-refractivity contribution in [3.05, 3.63) is 82.0 Å². The number of nitro groups is 1. The maximum atomic E-state index is 13.1. The van der Waals surface area contributed by atoms with Gasteiger partial charge in [-0.2, -0.15) is 4.68 Å². The molecular weight excluding hydrogens is 332 g/mol. The van der Waals surface area contributed by atoms with Crippen LogP contribution in [0.4, 0.5) is 17.2 Å². The summed E-state index contributed by atoms with van der Waals surface area (Å²) in [6.07, 6.45) is 5.38. The molecule has 0 bridgehead atoms. The molecule has 1 amide bonds. The Hall–Kier alpha value is -3.74. The number of aromatic nitrogens is 2. The molecule has 0 spiro atoms. The van der Waals surface area contributed by atoms with Crippen LogP contribution < -0.4 is 4.90 Å². The van der Waals surface area contributed by atoms with Crippen LogP contribution in [0.3, 0.4) is 0 Å². The summed E-state index contributed by atoms with van der Waals surface area (Å²) >= 11 is 0. The van der Waals surface area contributed by atoms with Gasteiger partial charge in [-0.15, -0.1) is 0 Å². The summed E-state index contributed by atoms with van der Waals surface area (Å²) in [5, 5.41) is 14.6. The van der Waals surface area contributed by atoms with Crippen LogP contribution in [0.25, 0.3) is 12.2 Å². The smallest absolute Gasteiger partial charge is 0.358 e. The number of para-hydroxylation sites is 2. The molecule has 0 fully saturated rings. The second-order valence-electron chi connectivity index (χ2n) is 5.81. The predicted octanol–water partition coefficient (Wildman–Crippen LogP) is 3.64. The third kappa shape index (κ3) is 2.75. The third-order valence-electron chi connectivity index (χ3n) is 4.16. The van der Waals surface area contributed by atoms with E-state index in [-0.39, 0.29) is 18.3 Å². The SMILES string of the molecule is O=C(Cn1ccc([N+](=O)[O-])n1)N1c2ccccc2C=Cc2ccccc21. The van der Waals surface area contributed by atoms with Gasteiger partial charge in [0.1, 0.15) is 6.54 Å². The molecule has 0 saturated heterocycles. The van der Waals surface area contributed by atoms with Gasteiger partial charge < -0.3 is 10.1 Å². The van der Waals surface area contributed by atoms with Gasteiger partial charge in [-0.1, -0.05) is 48.6 Å². The van der Waals surface area contributed by atoms with Gasteiger partial charge in [-0.25, -0.2) is 0 Å². The van der Waals surface area contributed by atoms with Crippen molar-refractivity contribution in [2.75, 3.05) is 4.90 Å². The molecule has 1 aromatic heterocycles. The highest BCUT2D eigenvalue weighted by atomic mass is 16.6. The number of rotatable bonds is 3. The van der Waals surface area contributed by atoms with E-state index in [4.69, 9.17) is 0 Å². The zero-order valence-corrected chi connectivity index (χ0v) is 13.6. The number of fused-ring (bicyclic) bond motifs is 2. The van der Waals surface area contributed by atoms with Crippen molar-refractivity contribution < 1.29 is 9.72 Å². The van der Waals surface area contributed by atoms with Crippen LogP contribution in [0.15, 0.2) is 60.8 Å². The van der Waals surface area contributed by atoms with Crippen molar-refractivity contribution in [3.63, 3.8) is 0 Å². The van der Waals surface area contributed by atoms with E-state index in [1.807, 2.05) is 60.7 Å². The van der Waals surface area contributed by atoms with E-state index in [1.54, 1.807) is 4.90 Å². The fraction of sp³-hybridized carbons (Fsp3) is 0.0526. The van der Waals surface area contributed by atoms with E-state index in [2.05, 4.69) is 5.10 Å².